The third-order valence-electron chi connectivity index (χ3n) is 7.55. The predicted octanol–water partition coefficient (Wildman–Crippen LogP) is 1.50. The molecule has 0 aromatic carbocycles. The number of carbonyl (C=O) groups is 2. The number of amides is 2. The molecule has 0 aliphatic carbocycles. The summed E-state index contributed by atoms with van der Waals surface area (Å²) in [6, 6.07) is 3.78. The zero-order valence-corrected chi connectivity index (χ0v) is 24.5. The fraction of sp³-hybridized carbons (Fsp3) is 0.480. The van der Waals surface area contributed by atoms with Crippen molar-refractivity contribution in [2.24, 2.45) is 5.73 Å². The third-order valence-corrected chi connectivity index (χ3v) is 8.01. The van der Waals surface area contributed by atoms with Gasteiger partial charge in [-0.1, -0.05) is 35.2 Å². The van der Waals surface area contributed by atoms with Gasteiger partial charge < -0.3 is 36.7 Å². The molecule has 1 atom stereocenters. The molecule has 17 heteroatoms. The molecule has 7 N–H and O–H groups in total. The average molecular weight is 620 g/mol. The number of anilines is 4. The summed E-state index contributed by atoms with van der Waals surface area (Å²) in [7, 11) is 0. The van der Waals surface area contributed by atoms with E-state index in [1.54, 1.807) is 12.1 Å². The number of nitrogen functional groups attached to an aromatic ring is 2. The van der Waals surface area contributed by atoms with E-state index in [-0.39, 0.29) is 58.0 Å². The quantitative estimate of drug-likeness (QED) is 0.264. The van der Waals surface area contributed by atoms with Crippen molar-refractivity contribution in [2.75, 3.05) is 61.0 Å². The molecular formula is C25H32Cl2N12O3. The van der Waals surface area contributed by atoms with Crippen molar-refractivity contribution < 1.29 is 14.0 Å². The van der Waals surface area contributed by atoms with Crippen LogP contribution in [-0.4, -0.2) is 98.1 Å². The molecule has 42 heavy (non-hydrogen) atoms. The highest BCUT2D eigenvalue weighted by Gasteiger charge is 2.35. The van der Waals surface area contributed by atoms with E-state index >= 15 is 0 Å². The molecule has 3 aromatic rings. The molecule has 224 valence electrons. The summed E-state index contributed by atoms with van der Waals surface area (Å²) in [6.07, 6.45) is 2.63. The topological polar surface area (TPSA) is 212 Å². The second kappa shape index (κ2) is 12.5. The molecule has 5 rings (SSSR count). The Labute approximate surface area is 251 Å². The number of nitrogens with two attached hydrogens (primary N) is 3. The average Bonchev–Trinajstić information content (AvgIpc) is 3.45. The smallest absolute Gasteiger partial charge is 0.316 e. The first kappa shape index (κ1) is 29.5. The lowest BCUT2D eigenvalue weighted by Gasteiger charge is -2.47. The Hall–Kier alpha value is -3.95. The molecular weight excluding hydrogens is 587 g/mol. The monoisotopic (exact) mass is 618 g/mol. The maximum atomic E-state index is 13.0. The molecule has 0 bridgehead atoms. The minimum Gasteiger partial charge on any atom is -0.402 e. The Morgan fingerprint density at radius 2 is 1.81 bits per heavy atom. The number of piperidine rings is 1. The number of carbonyl (C=O) groups excluding carboxylic acids is 2. The predicted molar refractivity (Wildman–Crippen MR) is 158 cm³/mol. The number of likely N-dealkylation sites (tertiary alicyclic amines) is 1. The number of nitrogens with zero attached hydrogens (tertiary/aromatic N) is 8. The van der Waals surface area contributed by atoms with Crippen LogP contribution in [0.1, 0.15) is 36.5 Å². The first-order valence-corrected chi connectivity index (χ1v) is 14.3. The van der Waals surface area contributed by atoms with Crippen LogP contribution in [0, 0.1) is 0 Å². The Bertz CT molecular complexity index is 1460. The number of piperazine rings is 1. The molecule has 2 saturated heterocycles. The maximum Gasteiger partial charge on any atom is 0.316 e. The van der Waals surface area contributed by atoms with Gasteiger partial charge in [0.05, 0.1) is 12.1 Å². The van der Waals surface area contributed by atoms with E-state index in [4.69, 9.17) is 44.8 Å². The van der Waals surface area contributed by atoms with Gasteiger partial charge in [0, 0.05) is 44.8 Å². The first-order chi connectivity index (χ1) is 20.1. The van der Waals surface area contributed by atoms with Crippen LogP contribution in [0.3, 0.4) is 0 Å². The van der Waals surface area contributed by atoms with Crippen LogP contribution < -0.4 is 27.4 Å². The Morgan fingerprint density at radius 3 is 2.50 bits per heavy atom. The highest BCUT2D eigenvalue weighted by atomic mass is 35.5. The summed E-state index contributed by atoms with van der Waals surface area (Å²) in [4.78, 5) is 43.4. The minimum absolute atomic E-state index is 0.00609. The number of hydrogen-bond acceptors (Lipinski definition) is 13. The fourth-order valence-corrected chi connectivity index (χ4v) is 5.84. The van der Waals surface area contributed by atoms with Gasteiger partial charge in [0.1, 0.15) is 11.0 Å². The van der Waals surface area contributed by atoms with Gasteiger partial charge in [-0.15, -0.1) is 5.10 Å². The number of pyridine rings is 1. The summed E-state index contributed by atoms with van der Waals surface area (Å²) in [5, 5.41) is 10.7. The molecule has 0 spiro atoms. The summed E-state index contributed by atoms with van der Waals surface area (Å²) >= 11 is 12.5. The number of aromatic nitrogens is 5. The largest absolute Gasteiger partial charge is 0.402 e. The summed E-state index contributed by atoms with van der Waals surface area (Å²) in [5.41, 5.74) is 17.8. The second-order valence-corrected chi connectivity index (χ2v) is 10.9. The van der Waals surface area contributed by atoms with Gasteiger partial charge in [-0.25, -0.2) is 15.0 Å². The van der Waals surface area contributed by atoms with E-state index in [2.05, 4.69) is 47.2 Å². The Morgan fingerprint density at radius 1 is 1.05 bits per heavy atom. The van der Waals surface area contributed by atoms with Gasteiger partial charge >= 0.3 is 6.01 Å². The van der Waals surface area contributed by atoms with E-state index in [0.717, 1.165) is 25.8 Å². The maximum absolute atomic E-state index is 13.0. The Balaban J connectivity index is 1.22. The van der Waals surface area contributed by atoms with Gasteiger partial charge in [0.15, 0.2) is 22.5 Å². The van der Waals surface area contributed by atoms with Crippen molar-refractivity contribution in [2.45, 2.75) is 38.3 Å². The van der Waals surface area contributed by atoms with E-state index in [0.29, 0.717) is 43.6 Å². The Kier molecular flexibility index (Phi) is 8.80. The van der Waals surface area contributed by atoms with Crippen LogP contribution in [0.25, 0.3) is 11.6 Å². The zero-order valence-electron chi connectivity index (χ0n) is 23.0. The molecule has 0 saturated carbocycles. The van der Waals surface area contributed by atoms with Crippen molar-refractivity contribution in [1.29, 1.82) is 0 Å². The van der Waals surface area contributed by atoms with Crippen molar-refractivity contribution in [3.8, 4) is 11.6 Å². The van der Waals surface area contributed by atoms with Crippen molar-refractivity contribution in [3.63, 3.8) is 0 Å². The summed E-state index contributed by atoms with van der Waals surface area (Å²) < 4.78 is 5.47. The molecule has 2 aliphatic rings. The van der Waals surface area contributed by atoms with E-state index in [9.17, 15) is 9.59 Å². The lowest BCUT2D eigenvalue weighted by molar-refractivity contribution is -0.116. The van der Waals surface area contributed by atoms with Crippen LogP contribution in [-0.2, 0) is 4.79 Å². The highest BCUT2D eigenvalue weighted by molar-refractivity contribution is 6.32. The normalized spacial score (nSPS) is 18.3. The third kappa shape index (κ3) is 6.27. The van der Waals surface area contributed by atoms with Gasteiger partial charge in [-0.05, 0) is 31.4 Å². The number of primary amides is 1. The fourth-order valence-electron chi connectivity index (χ4n) is 5.44. The van der Waals surface area contributed by atoms with Gasteiger partial charge in [0.2, 0.25) is 5.91 Å². The van der Waals surface area contributed by atoms with Crippen LogP contribution in [0.4, 0.5) is 23.5 Å². The van der Waals surface area contributed by atoms with Crippen molar-refractivity contribution in [1.82, 2.24) is 34.9 Å². The minimum atomic E-state index is -0.579. The zero-order chi connectivity index (χ0) is 30.0. The van der Waals surface area contributed by atoms with Gasteiger partial charge in [-0.2, -0.15) is 0 Å². The van der Waals surface area contributed by atoms with Crippen molar-refractivity contribution >= 4 is 58.5 Å². The summed E-state index contributed by atoms with van der Waals surface area (Å²) in [6.45, 7) is 5.42. The first-order valence-electron chi connectivity index (χ1n) is 13.6. The lowest BCUT2D eigenvalue weighted by Crippen LogP contribution is -2.58. The number of rotatable bonds is 8. The standard InChI is InChI=1S/C25H32Cl2N12O3/c1-2-13-12-38(22-19(27)33-18(21(30)34-22)23-35-36-25(42-23)31-11-17(28)40)9-10-39(13)14-5-7-37(8-6-14)24(41)15-3-4-16(26)32-20(15)29/h3-4,13-14H,2,5-12H2,1H3,(H2,28,40)(H2,29,32)(H2,30,34)(H,31,36)/t13-/m0/s1. The lowest BCUT2D eigenvalue weighted by atomic mass is 9.97. The van der Waals surface area contributed by atoms with Crippen molar-refractivity contribution in [3.05, 3.63) is 28.0 Å². The highest BCUT2D eigenvalue weighted by Crippen LogP contribution is 2.33. The van der Waals surface area contributed by atoms with Gasteiger partial charge in [-0.3, -0.25) is 14.5 Å². The van der Waals surface area contributed by atoms with Crippen LogP contribution in [0.15, 0.2) is 16.5 Å². The van der Waals surface area contributed by atoms with E-state index < -0.39 is 5.91 Å². The van der Waals surface area contributed by atoms with Crippen LogP contribution in [0.5, 0.6) is 0 Å². The van der Waals surface area contributed by atoms with Gasteiger partial charge in [0.25, 0.3) is 11.8 Å². The summed E-state index contributed by atoms with van der Waals surface area (Å²) in [5.74, 6) is 0.0217. The molecule has 2 fully saturated rings. The molecule has 5 heterocycles. The SMILES string of the molecule is CC[C@H]1CN(c2nc(N)c(-c3nnc(NCC(N)=O)o3)nc2Cl)CCN1C1CCN(C(=O)c2ccc(Cl)nc2N)CC1. The number of nitrogens with one attached hydrogen (secondary N) is 1. The van der Waals surface area contributed by atoms with E-state index in [1.165, 1.54) is 0 Å². The second-order valence-electron chi connectivity index (χ2n) is 10.1. The molecule has 2 amide bonds. The molecule has 15 nitrogen and oxygen atoms in total. The molecule has 2 aliphatic heterocycles. The number of halogens is 2. The molecule has 3 aromatic heterocycles. The van der Waals surface area contributed by atoms with E-state index in [1.807, 2.05) is 4.90 Å². The van der Waals surface area contributed by atoms with Crippen LogP contribution in [0.2, 0.25) is 10.3 Å². The molecule has 0 radical (unpaired) electrons. The number of hydrogen-bond donors (Lipinski definition) is 4. The van der Waals surface area contributed by atoms with Crippen LogP contribution >= 0.6 is 23.2 Å². The molecule has 0 unspecified atom stereocenters.